The highest BCUT2D eigenvalue weighted by Crippen LogP contribution is 2.22. The summed E-state index contributed by atoms with van der Waals surface area (Å²) >= 11 is 0. The van der Waals surface area contributed by atoms with Crippen molar-refractivity contribution in [2.75, 3.05) is 44.6 Å². The number of rotatable bonds is 10. The van der Waals surface area contributed by atoms with Crippen molar-refractivity contribution in [1.29, 1.82) is 0 Å². The maximum atomic E-state index is 5.62. The molecule has 2 aromatic rings. The van der Waals surface area contributed by atoms with Gasteiger partial charge in [-0.1, -0.05) is 35.6 Å². The lowest BCUT2D eigenvalue weighted by atomic mass is 10.2. The fourth-order valence-corrected chi connectivity index (χ4v) is 2.20. The Morgan fingerprint density at radius 1 is 0.885 bits per heavy atom. The largest absolute Gasteiger partial charge is 0.335 e. The van der Waals surface area contributed by atoms with Crippen molar-refractivity contribution in [2.45, 2.75) is 20.3 Å². The summed E-state index contributed by atoms with van der Waals surface area (Å²) in [4.78, 5) is 25.4. The molecular formula is C17H25N5O4. The zero-order valence-electron chi connectivity index (χ0n) is 15.7. The molecule has 9 heteroatoms. The number of hydrogen-bond donors (Lipinski definition) is 0. The molecule has 0 aliphatic heterocycles. The molecule has 1 heterocycles. The Morgan fingerprint density at radius 3 is 2.00 bits per heavy atom. The fourth-order valence-electron chi connectivity index (χ4n) is 2.20. The molecule has 0 aliphatic rings. The molecule has 1 aromatic heterocycles. The number of anilines is 2. The zero-order chi connectivity index (χ0) is 18.9. The minimum absolute atomic E-state index is 0.206. The summed E-state index contributed by atoms with van der Waals surface area (Å²) in [5.74, 6) is 1.04. The van der Waals surface area contributed by atoms with Gasteiger partial charge in [0.2, 0.25) is 12.4 Å². The molecule has 0 aliphatic carbocycles. The van der Waals surface area contributed by atoms with E-state index in [0.717, 1.165) is 10.8 Å². The molecule has 9 nitrogen and oxygen atoms in total. The number of aromatic nitrogens is 3. The summed E-state index contributed by atoms with van der Waals surface area (Å²) in [6.07, 6.45) is -0.623. The van der Waals surface area contributed by atoms with Crippen molar-refractivity contribution in [3.63, 3.8) is 0 Å². The minimum Gasteiger partial charge on any atom is -0.335 e. The van der Waals surface area contributed by atoms with E-state index in [-0.39, 0.29) is 5.95 Å². The Hall–Kier alpha value is -2.33. The van der Waals surface area contributed by atoms with Gasteiger partial charge in [-0.15, -0.1) is 0 Å². The number of benzene rings is 1. The Labute approximate surface area is 153 Å². The highest BCUT2D eigenvalue weighted by atomic mass is 16.9. The van der Waals surface area contributed by atoms with Gasteiger partial charge in [-0.3, -0.25) is 4.90 Å². The molecule has 0 atom stereocenters. The van der Waals surface area contributed by atoms with Crippen LogP contribution >= 0.6 is 0 Å². The molecule has 0 spiro atoms. The average molecular weight is 363 g/mol. The molecule has 0 unspecified atom stereocenters. The second-order valence-electron chi connectivity index (χ2n) is 5.08. The van der Waals surface area contributed by atoms with E-state index in [4.69, 9.17) is 19.1 Å². The van der Waals surface area contributed by atoms with Gasteiger partial charge in [-0.2, -0.15) is 15.0 Å². The lowest BCUT2D eigenvalue weighted by Gasteiger charge is -2.28. The van der Waals surface area contributed by atoms with E-state index in [1.807, 2.05) is 44.2 Å². The van der Waals surface area contributed by atoms with Crippen LogP contribution in [0.4, 0.5) is 11.9 Å². The van der Waals surface area contributed by atoms with Crippen LogP contribution in [0.5, 0.6) is 0 Å². The normalized spacial score (nSPS) is 11.0. The van der Waals surface area contributed by atoms with Gasteiger partial charge in [0.25, 0.3) is 5.95 Å². The summed E-state index contributed by atoms with van der Waals surface area (Å²) in [6.45, 7) is 4.76. The SMILES string of the molecule is CCOC(OCC)N(C)c1nc(-c2ccccc2)nc(N(OC)OC)n1. The van der Waals surface area contributed by atoms with Crippen LogP contribution in [0.25, 0.3) is 11.4 Å². The molecule has 2 rings (SSSR count). The van der Waals surface area contributed by atoms with Gasteiger partial charge in [0.1, 0.15) is 0 Å². The molecular weight excluding hydrogens is 338 g/mol. The quantitative estimate of drug-likeness (QED) is 0.466. The first kappa shape index (κ1) is 20.0. The van der Waals surface area contributed by atoms with Crippen LogP contribution in [0, 0.1) is 0 Å². The molecule has 0 saturated heterocycles. The first-order chi connectivity index (χ1) is 12.6. The molecule has 0 radical (unpaired) electrons. The second kappa shape index (κ2) is 9.97. The van der Waals surface area contributed by atoms with Crippen LogP contribution < -0.4 is 10.1 Å². The minimum atomic E-state index is -0.623. The molecule has 26 heavy (non-hydrogen) atoms. The maximum Gasteiger partial charge on any atom is 0.283 e. The Kier molecular flexibility index (Phi) is 7.67. The van der Waals surface area contributed by atoms with Gasteiger partial charge >= 0.3 is 0 Å². The van der Waals surface area contributed by atoms with Gasteiger partial charge in [0, 0.05) is 25.8 Å². The second-order valence-corrected chi connectivity index (χ2v) is 5.08. The van der Waals surface area contributed by atoms with Gasteiger partial charge in [0.15, 0.2) is 5.82 Å². The molecule has 142 valence electrons. The van der Waals surface area contributed by atoms with E-state index < -0.39 is 6.41 Å². The monoisotopic (exact) mass is 363 g/mol. The lowest BCUT2D eigenvalue weighted by Crippen LogP contribution is -2.38. The van der Waals surface area contributed by atoms with Crippen LogP contribution in [-0.4, -0.2) is 55.8 Å². The van der Waals surface area contributed by atoms with E-state index in [1.54, 1.807) is 11.9 Å². The van der Waals surface area contributed by atoms with Gasteiger partial charge in [0.05, 0.1) is 14.2 Å². The van der Waals surface area contributed by atoms with Crippen LogP contribution in [0.15, 0.2) is 30.3 Å². The van der Waals surface area contributed by atoms with Crippen molar-refractivity contribution in [2.24, 2.45) is 0 Å². The topological polar surface area (TPSA) is 82.1 Å². The molecule has 0 bridgehead atoms. The molecule has 1 aromatic carbocycles. The van der Waals surface area contributed by atoms with Crippen LogP contribution in [0.2, 0.25) is 0 Å². The maximum absolute atomic E-state index is 5.62. The van der Waals surface area contributed by atoms with Crippen molar-refractivity contribution in [3.8, 4) is 11.4 Å². The van der Waals surface area contributed by atoms with Gasteiger partial charge in [-0.25, -0.2) is 9.68 Å². The van der Waals surface area contributed by atoms with Crippen molar-refractivity contribution in [1.82, 2.24) is 15.0 Å². The van der Waals surface area contributed by atoms with E-state index in [0.29, 0.717) is 25.0 Å². The van der Waals surface area contributed by atoms with E-state index in [1.165, 1.54) is 14.2 Å². The van der Waals surface area contributed by atoms with Crippen molar-refractivity contribution in [3.05, 3.63) is 30.3 Å². The van der Waals surface area contributed by atoms with Crippen molar-refractivity contribution < 1.29 is 19.1 Å². The predicted octanol–water partition coefficient (Wildman–Crippen LogP) is 2.26. The Morgan fingerprint density at radius 2 is 1.46 bits per heavy atom. The van der Waals surface area contributed by atoms with Gasteiger partial charge < -0.3 is 9.47 Å². The average Bonchev–Trinajstić information content (AvgIpc) is 2.68. The zero-order valence-corrected chi connectivity index (χ0v) is 15.7. The van der Waals surface area contributed by atoms with Crippen LogP contribution in [0.3, 0.4) is 0 Å². The van der Waals surface area contributed by atoms with E-state index in [9.17, 15) is 0 Å². The molecule has 0 fully saturated rings. The van der Waals surface area contributed by atoms with E-state index >= 15 is 0 Å². The molecule has 0 saturated carbocycles. The Bertz CT molecular complexity index is 663. The van der Waals surface area contributed by atoms with Gasteiger partial charge in [-0.05, 0) is 13.8 Å². The number of nitrogens with zero attached hydrogens (tertiary/aromatic N) is 5. The van der Waals surface area contributed by atoms with Crippen LogP contribution in [-0.2, 0) is 19.1 Å². The lowest BCUT2D eigenvalue weighted by molar-refractivity contribution is -0.134. The molecule has 0 N–H and O–H groups in total. The smallest absolute Gasteiger partial charge is 0.283 e. The third kappa shape index (κ3) is 4.85. The Balaban J connectivity index is 2.48. The standard InChI is InChI=1S/C17H25N5O4/c1-6-25-17(26-7-2)21(3)15-18-14(13-11-9-8-10-12-13)19-16(20-15)22(23-4)24-5/h8-12,17H,6-7H2,1-5H3. The number of ether oxygens (including phenoxy) is 2. The predicted molar refractivity (Wildman–Crippen MR) is 97.2 cm³/mol. The molecule has 0 amide bonds. The highest BCUT2D eigenvalue weighted by Gasteiger charge is 2.22. The summed E-state index contributed by atoms with van der Waals surface area (Å²) in [5.41, 5.74) is 0.835. The summed E-state index contributed by atoms with van der Waals surface area (Å²) in [7, 11) is 4.71. The van der Waals surface area contributed by atoms with Crippen LogP contribution in [0.1, 0.15) is 13.8 Å². The summed E-state index contributed by atoms with van der Waals surface area (Å²) < 4.78 is 11.2. The first-order valence-corrected chi connectivity index (χ1v) is 8.30. The highest BCUT2D eigenvalue weighted by molar-refractivity contribution is 5.57. The third-order valence-electron chi connectivity index (χ3n) is 3.39. The third-order valence-corrected chi connectivity index (χ3v) is 3.39. The summed E-state index contributed by atoms with van der Waals surface area (Å²) in [6, 6.07) is 9.58. The number of hydrogen-bond acceptors (Lipinski definition) is 9. The van der Waals surface area contributed by atoms with E-state index in [2.05, 4.69) is 15.0 Å². The summed E-state index contributed by atoms with van der Waals surface area (Å²) in [5, 5.41) is 1.10. The fraction of sp³-hybridized carbons (Fsp3) is 0.471. The van der Waals surface area contributed by atoms with Crippen molar-refractivity contribution >= 4 is 11.9 Å². The first-order valence-electron chi connectivity index (χ1n) is 8.30.